The highest BCUT2D eigenvalue weighted by molar-refractivity contribution is 7.25. The average molecular weight is 771 g/mol. The number of anilines is 6. The Kier molecular flexibility index (Phi) is 8.72. The molecule has 0 aliphatic carbocycles. The maximum Gasteiger partial charge on any atom is 0.0468 e. The van der Waals surface area contributed by atoms with E-state index in [0.717, 1.165) is 34.1 Å². The highest BCUT2D eigenvalue weighted by atomic mass is 32.1. The maximum atomic E-state index is 2.36. The zero-order valence-electron chi connectivity index (χ0n) is 32.2. The molecule has 3 heteroatoms. The molecule has 0 saturated heterocycles. The summed E-state index contributed by atoms with van der Waals surface area (Å²) in [4.78, 5) is 4.69. The lowest BCUT2D eigenvalue weighted by Crippen LogP contribution is -2.09. The third-order valence-corrected chi connectivity index (χ3v) is 12.6. The molecule has 10 aromatic carbocycles. The second kappa shape index (κ2) is 14.8. The first-order valence-electron chi connectivity index (χ1n) is 20.1. The summed E-state index contributed by atoms with van der Waals surface area (Å²) in [6.45, 7) is 0. The van der Waals surface area contributed by atoms with Gasteiger partial charge in [0.1, 0.15) is 0 Å². The summed E-state index contributed by atoms with van der Waals surface area (Å²) in [6.07, 6.45) is 0. The third-order valence-electron chi connectivity index (χ3n) is 11.4. The zero-order valence-corrected chi connectivity index (χ0v) is 33.1. The van der Waals surface area contributed by atoms with Gasteiger partial charge in [0.25, 0.3) is 0 Å². The minimum Gasteiger partial charge on any atom is -0.310 e. The first kappa shape index (κ1) is 34.8. The molecule has 0 atom stereocenters. The molecule has 0 saturated carbocycles. The molecule has 0 spiro atoms. The number of nitrogens with zero attached hydrogens (tertiary/aromatic N) is 2. The predicted molar refractivity (Wildman–Crippen MR) is 255 cm³/mol. The van der Waals surface area contributed by atoms with Gasteiger partial charge in [-0.3, -0.25) is 0 Å². The van der Waals surface area contributed by atoms with Crippen LogP contribution in [0.4, 0.5) is 34.1 Å². The smallest absolute Gasteiger partial charge is 0.0468 e. The standard InChI is InChI=1S/C56H38N2S/c1-3-15-45(16-4-1)57(49-32-24-39-12-7-8-13-42(39)37-49)47-28-22-40(23-29-47)43-27-34-52-44(36-43)14-11-20-51(52)41-25-30-48(31-26-41)58(46-17-5-2-6-18-46)50-33-35-56-54(38-50)53-19-9-10-21-55(53)59-56/h1-38H. The van der Waals surface area contributed by atoms with Gasteiger partial charge in [0.05, 0.1) is 0 Å². The largest absolute Gasteiger partial charge is 0.310 e. The van der Waals surface area contributed by atoms with Crippen molar-refractivity contribution in [2.45, 2.75) is 0 Å². The van der Waals surface area contributed by atoms with Crippen molar-refractivity contribution >= 4 is 87.2 Å². The van der Waals surface area contributed by atoms with Gasteiger partial charge in [-0.25, -0.2) is 0 Å². The van der Waals surface area contributed by atoms with Gasteiger partial charge < -0.3 is 9.80 Å². The molecule has 0 amide bonds. The third kappa shape index (κ3) is 6.48. The van der Waals surface area contributed by atoms with E-state index in [-0.39, 0.29) is 0 Å². The Hall–Kier alpha value is -7.46. The minimum atomic E-state index is 1.12. The first-order chi connectivity index (χ1) is 29.2. The Bertz CT molecular complexity index is 3260. The van der Waals surface area contributed by atoms with Gasteiger partial charge in [-0.2, -0.15) is 0 Å². The molecule has 11 rings (SSSR count). The lowest BCUT2D eigenvalue weighted by Gasteiger charge is -2.26. The van der Waals surface area contributed by atoms with E-state index in [4.69, 9.17) is 0 Å². The molecule has 0 N–H and O–H groups in total. The van der Waals surface area contributed by atoms with E-state index in [9.17, 15) is 0 Å². The summed E-state index contributed by atoms with van der Waals surface area (Å²) in [7, 11) is 0. The van der Waals surface area contributed by atoms with Crippen molar-refractivity contribution in [2.24, 2.45) is 0 Å². The summed E-state index contributed by atoms with van der Waals surface area (Å²) < 4.78 is 2.62. The molecule has 0 fully saturated rings. The van der Waals surface area contributed by atoms with Crippen LogP contribution in [-0.2, 0) is 0 Å². The number of benzene rings is 10. The van der Waals surface area contributed by atoms with Crippen LogP contribution in [0, 0.1) is 0 Å². The average Bonchev–Trinajstić information content (AvgIpc) is 3.68. The molecule has 0 unspecified atom stereocenters. The van der Waals surface area contributed by atoms with Gasteiger partial charge >= 0.3 is 0 Å². The number of hydrogen-bond donors (Lipinski definition) is 0. The van der Waals surface area contributed by atoms with Gasteiger partial charge in [-0.05, 0) is 135 Å². The predicted octanol–water partition coefficient (Wildman–Crippen LogP) is 16.6. The topological polar surface area (TPSA) is 6.48 Å². The normalized spacial score (nSPS) is 11.4. The highest BCUT2D eigenvalue weighted by Crippen LogP contribution is 2.42. The summed E-state index contributed by atoms with van der Waals surface area (Å²) in [6, 6.07) is 83.6. The fourth-order valence-corrected chi connectivity index (χ4v) is 9.61. The maximum absolute atomic E-state index is 2.36. The van der Waals surface area contributed by atoms with E-state index >= 15 is 0 Å². The van der Waals surface area contributed by atoms with Crippen LogP contribution in [0.25, 0.3) is 64.0 Å². The fourth-order valence-electron chi connectivity index (χ4n) is 8.53. The van der Waals surface area contributed by atoms with Gasteiger partial charge in [0.2, 0.25) is 0 Å². The molecule has 2 nitrogen and oxygen atoms in total. The van der Waals surface area contributed by atoms with Crippen molar-refractivity contribution in [3.63, 3.8) is 0 Å². The summed E-state index contributed by atoms with van der Waals surface area (Å²) in [5.41, 5.74) is 11.6. The van der Waals surface area contributed by atoms with Crippen LogP contribution in [0.15, 0.2) is 231 Å². The summed E-state index contributed by atoms with van der Waals surface area (Å²) >= 11 is 1.85. The molecule has 0 bridgehead atoms. The molecule has 0 radical (unpaired) electrons. The Labute approximate surface area is 348 Å². The van der Waals surface area contributed by atoms with E-state index in [0.29, 0.717) is 0 Å². The van der Waals surface area contributed by atoms with Gasteiger partial charge in [-0.15, -0.1) is 11.3 Å². The molecule has 1 aromatic heterocycles. The van der Waals surface area contributed by atoms with Crippen LogP contribution in [0.2, 0.25) is 0 Å². The highest BCUT2D eigenvalue weighted by Gasteiger charge is 2.17. The van der Waals surface area contributed by atoms with Crippen LogP contribution in [0.5, 0.6) is 0 Å². The first-order valence-corrected chi connectivity index (χ1v) is 20.9. The number of rotatable bonds is 8. The van der Waals surface area contributed by atoms with Crippen molar-refractivity contribution in [2.75, 3.05) is 9.80 Å². The second-order valence-corrected chi connectivity index (χ2v) is 16.1. The fraction of sp³-hybridized carbons (Fsp3) is 0. The molecule has 1 heterocycles. The number of hydrogen-bond acceptors (Lipinski definition) is 3. The number of para-hydroxylation sites is 2. The minimum absolute atomic E-state index is 1.12. The van der Waals surface area contributed by atoms with Crippen molar-refractivity contribution in [1.29, 1.82) is 0 Å². The van der Waals surface area contributed by atoms with Crippen LogP contribution in [0.1, 0.15) is 0 Å². The van der Waals surface area contributed by atoms with Gasteiger partial charge in [0, 0.05) is 54.3 Å². The Morgan fingerprint density at radius 2 is 0.780 bits per heavy atom. The van der Waals surface area contributed by atoms with Crippen molar-refractivity contribution < 1.29 is 0 Å². The molecular formula is C56H38N2S. The monoisotopic (exact) mass is 770 g/mol. The molecule has 59 heavy (non-hydrogen) atoms. The van der Waals surface area contributed by atoms with Crippen molar-refractivity contribution in [3.05, 3.63) is 231 Å². The molecule has 11 aromatic rings. The van der Waals surface area contributed by atoms with Crippen LogP contribution < -0.4 is 9.80 Å². The van der Waals surface area contributed by atoms with Crippen molar-refractivity contribution in [1.82, 2.24) is 0 Å². The number of fused-ring (bicyclic) bond motifs is 5. The van der Waals surface area contributed by atoms with Crippen LogP contribution in [0.3, 0.4) is 0 Å². The Morgan fingerprint density at radius 1 is 0.254 bits per heavy atom. The van der Waals surface area contributed by atoms with E-state index in [1.165, 1.54) is 64.0 Å². The lowest BCUT2D eigenvalue weighted by atomic mass is 9.95. The number of thiophene rings is 1. The molecule has 278 valence electrons. The SMILES string of the molecule is c1ccc(N(c2ccc(-c3ccc4c(-c5ccc(N(c6ccccc6)c6ccc7sc8ccccc8c7c6)cc5)cccc4c3)cc2)c2ccc3ccccc3c2)cc1. The summed E-state index contributed by atoms with van der Waals surface area (Å²) in [5, 5.41) is 7.52. The van der Waals surface area contributed by atoms with Crippen LogP contribution in [-0.4, -0.2) is 0 Å². The zero-order chi connectivity index (χ0) is 39.1. The van der Waals surface area contributed by atoms with Gasteiger partial charge in [0.15, 0.2) is 0 Å². The molecule has 0 aliphatic rings. The Morgan fingerprint density at radius 3 is 1.51 bits per heavy atom. The molecule has 0 aliphatic heterocycles. The van der Waals surface area contributed by atoms with E-state index in [1.54, 1.807) is 0 Å². The second-order valence-electron chi connectivity index (χ2n) is 15.0. The van der Waals surface area contributed by atoms with Gasteiger partial charge in [-0.1, -0.05) is 140 Å². The summed E-state index contributed by atoms with van der Waals surface area (Å²) in [5.74, 6) is 0. The van der Waals surface area contributed by atoms with Crippen molar-refractivity contribution in [3.8, 4) is 22.3 Å². The quantitative estimate of drug-likeness (QED) is 0.152. The van der Waals surface area contributed by atoms with Crippen LogP contribution >= 0.6 is 11.3 Å². The Balaban J connectivity index is 0.908. The molecular weight excluding hydrogens is 733 g/mol. The van der Waals surface area contributed by atoms with E-state index in [2.05, 4.69) is 240 Å². The van der Waals surface area contributed by atoms with E-state index < -0.39 is 0 Å². The lowest BCUT2D eigenvalue weighted by molar-refractivity contribution is 1.29. The van der Waals surface area contributed by atoms with E-state index in [1.807, 2.05) is 11.3 Å².